The number of benzene rings is 2. The maximum Gasteiger partial charge on any atom is 0.162 e. The third kappa shape index (κ3) is 5.15. The SMILES string of the molecule is CCOc1cc(C#N)ccc1OCCOc1cc(C)ccc1C(C)C. The maximum atomic E-state index is 8.99. The minimum atomic E-state index is 0.400. The van der Waals surface area contributed by atoms with Crippen LogP contribution in [-0.2, 0) is 0 Å². The lowest BCUT2D eigenvalue weighted by Crippen LogP contribution is -2.11. The van der Waals surface area contributed by atoms with Crippen LogP contribution in [-0.4, -0.2) is 19.8 Å². The normalized spacial score (nSPS) is 10.4. The molecule has 0 fully saturated rings. The van der Waals surface area contributed by atoms with Crippen molar-refractivity contribution in [2.24, 2.45) is 0 Å². The first-order valence-electron chi connectivity index (χ1n) is 8.58. The van der Waals surface area contributed by atoms with Gasteiger partial charge in [-0.2, -0.15) is 5.26 Å². The van der Waals surface area contributed by atoms with Gasteiger partial charge in [0.15, 0.2) is 11.5 Å². The van der Waals surface area contributed by atoms with E-state index in [4.69, 9.17) is 19.5 Å². The highest BCUT2D eigenvalue weighted by Gasteiger charge is 2.09. The van der Waals surface area contributed by atoms with Gasteiger partial charge in [-0.15, -0.1) is 0 Å². The molecular formula is C21H25NO3. The number of aryl methyl sites for hydroxylation is 1. The van der Waals surface area contributed by atoms with E-state index in [2.05, 4.69) is 45.0 Å². The molecule has 2 aromatic rings. The van der Waals surface area contributed by atoms with Crippen LogP contribution in [0.4, 0.5) is 0 Å². The summed E-state index contributed by atoms with van der Waals surface area (Å²) in [4.78, 5) is 0. The standard InChI is InChI=1S/C21H25NO3/c1-5-23-21-13-17(14-22)7-9-19(21)24-10-11-25-20-12-16(4)6-8-18(20)15(2)3/h6-9,12-13,15H,5,10-11H2,1-4H3. The zero-order valence-corrected chi connectivity index (χ0v) is 15.3. The second-order valence-electron chi connectivity index (χ2n) is 6.10. The molecule has 132 valence electrons. The van der Waals surface area contributed by atoms with Crippen LogP contribution in [0.2, 0.25) is 0 Å². The third-order valence-corrected chi connectivity index (χ3v) is 3.76. The van der Waals surface area contributed by atoms with E-state index < -0.39 is 0 Å². The molecule has 2 rings (SSSR count). The van der Waals surface area contributed by atoms with Gasteiger partial charge < -0.3 is 14.2 Å². The summed E-state index contributed by atoms with van der Waals surface area (Å²) in [6, 6.07) is 13.5. The smallest absolute Gasteiger partial charge is 0.162 e. The van der Waals surface area contributed by atoms with Crippen LogP contribution in [0.15, 0.2) is 36.4 Å². The molecule has 0 atom stereocenters. The number of nitrogens with zero attached hydrogens (tertiary/aromatic N) is 1. The third-order valence-electron chi connectivity index (χ3n) is 3.76. The second-order valence-corrected chi connectivity index (χ2v) is 6.10. The fourth-order valence-electron chi connectivity index (χ4n) is 2.51. The molecule has 0 N–H and O–H groups in total. The second kappa shape index (κ2) is 8.98. The molecule has 4 heteroatoms. The molecular weight excluding hydrogens is 314 g/mol. The number of nitriles is 1. The molecule has 0 spiro atoms. The Labute approximate surface area is 150 Å². The average Bonchev–Trinajstić information content (AvgIpc) is 2.59. The summed E-state index contributed by atoms with van der Waals surface area (Å²) in [5.41, 5.74) is 2.92. The van der Waals surface area contributed by atoms with Gasteiger partial charge in [-0.1, -0.05) is 26.0 Å². The lowest BCUT2D eigenvalue weighted by Gasteiger charge is -2.16. The Balaban J connectivity index is 1.98. The summed E-state index contributed by atoms with van der Waals surface area (Å²) in [6.45, 7) is 9.61. The van der Waals surface area contributed by atoms with E-state index in [0.29, 0.717) is 42.8 Å². The van der Waals surface area contributed by atoms with Crippen LogP contribution in [0.1, 0.15) is 43.4 Å². The summed E-state index contributed by atoms with van der Waals surface area (Å²) in [5.74, 6) is 2.51. The monoisotopic (exact) mass is 339 g/mol. The van der Waals surface area contributed by atoms with Crippen molar-refractivity contribution in [2.75, 3.05) is 19.8 Å². The van der Waals surface area contributed by atoms with Crippen molar-refractivity contribution in [3.63, 3.8) is 0 Å². The van der Waals surface area contributed by atoms with E-state index in [1.54, 1.807) is 18.2 Å². The Hall–Kier alpha value is -2.67. The molecule has 0 unspecified atom stereocenters. The molecule has 2 aromatic carbocycles. The molecule has 0 aromatic heterocycles. The zero-order valence-electron chi connectivity index (χ0n) is 15.3. The molecule has 0 heterocycles. The number of rotatable bonds is 8. The van der Waals surface area contributed by atoms with Gasteiger partial charge in [0.1, 0.15) is 19.0 Å². The summed E-state index contributed by atoms with van der Waals surface area (Å²) >= 11 is 0. The lowest BCUT2D eigenvalue weighted by atomic mass is 10.0. The Morgan fingerprint density at radius 3 is 2.28 bits per heavy atom. The first-order valence-corrected chi connectivity index (χ1v) is 8.58. The molecule has 0 aliphatic heterocycles. The van der Waals surface area contributed by atoms with Crippen molar-refractivity contribution in [1.29, 1.82) is 5.26 Å². The lowest BCUT2D eigenvalue weighted by molar-refractivity contribution is 0.207. The van der Waals surface area contributed by atoms with Gasteiger partial charge in [0, 0.05) is 6.07 Å². The highest BCUT2D eigenvalue weighted by molar-refractivity contribution is 5.46. The van der Waals surface area contributed by atoms with E-state index in [1.807, 2.05) is 6.92 Å². The van der Waals surface area contributed by atoms with Crippen molar-refractivity contribution in [3.8, 4) is 23.3 Å². The summed E-state index contributed by atoms with van der Waals surface area (Å²) < 4.78 is 17.3. The average molecular weight is 339 g/mol. The Morgan fingerprint density at radius 2 is 1.64 bits per heavy atom. The zero-order chi connectivity index (χ0) is 18.2. The number of ether oxygens (including phenoxy) is 3. The number of hydrogen-bond donors (Lipinski definition) is 0. The van der Waals surface area contributed by atoms with Crippen LogP contribution < -0.4 is 14.2 Å². The maximum absolute atomic E-state index is 8.99. The summed E-state index contributed by atoms with van der Waals surface area (Å²) in [5, 5.41) is 8.99. The Morgan fingerprint density at radius 1 is 0.920 bits per heavy atom. The molecule has 0 saturated carbocycles. The Bertz CT molecular complexity index is 747. The van der Waals surface area contributed by atoms with Crippen LogP contribution in [0.25, 0.3) is 0 Å². The van der Waals surface area contributed by atoms with E-state index in [1.165, 1.54) is 11.1 Å². The highest BCUT2D eigenvalue weighted by atomic mass is 16.5. The van der Waals surface area contributed by atoms with Crippen molar-refractivity contribution < 1.29 is 14.2 Å². The van der Waals surface area contributed by atoms with Gasteiger partial charge in [0.2, 0.25) is 0 Å². The van der Waals surface area contributed by atoms with Crippen LogP contribution in [0, 0.1) is 18.3 Å². The molecule has 0 aliphatic carbocycles. The quantitative estimate of drug-likeness (QED) is 0.645. The molecule has 0 aliphatic rings. The molecule has 0 bridgehead atoms. The Kier molecular flexibility index (Phi) is 6.71. The predicted molar refractivity (Wildman–Crippen MR) is 98.6 cm³/mol. The van der Waals surface area contributed by atoms with Crippen LogP contribution >= 0.6 is 0 Å². The largest absolute Gasteiger partial charge is 0.490 e. The van der Waals surface area contributed by atoms with Crippen molar-refractivity contribution in [3.05, 3.63) is 53.1 Å². The fraction of sp³-hybridized carbons (Fsp3) is 0.381. The molecule has 25 heavy (non-hydrogen) atoms. The van der Waals surface area contributed by atoms with E-state index in [9.17, 15) is 0 Å². The minimum Gasteiger partial charge on any atom is -0.490 e. The van der Waals surface area contributed by atoms with Gasteiger partial charge in [0.05, 0.1) is 18.2 Å². The molecule has 4 nitrogen and oxygen atoms in total. The topological polar surface area (TPSA) is 51.5 Å². The summed E-state index contributed by atoms with van der Waals surface area (Å²) in [6.07, 6.45) is 0. The van der Waals surface area contributed by atoms with Gasteiger partial charge in [0.25, 0.3) is 0 Å². The van der Waals surface area contributed by atoms with Gasteiger partial charge in [-0.25, -0.2) is 0 Å². The van der Waals surface area contributed by atoms with Crippen molar-refractivity contribution in [1.82, 2.24) is 0 Å². The van der Waals surface area contributed by atoms with Gasteiger partial charge >= 0.3 is 0 Å². The van der Waals surface area contributed by atoms with Crippen LogP contribution in [0.5, 0.6) is 17.2 Å². The first-order chi connectivity index (χ1) is 12.0. The number of hydrogen-bond acceptors (Lipinski definition) is 4. The van der Waals surface area contributed by atoms with Crippen molar-refractivity contribution in [2.45, 2.75) is 33.6 Å². The summed E-state index contributed by atoms with van der Waals surface area (Å²) in [7, 11) is 0. The molecule has 0 radical (unpaired) electrons. The van der Waals surface area contributed by atoms with Crippen molar-refractivity contribution >= 4 is 0 Å². The highest BCUT2D eigenvalue weighted by Crippen LogP contribution is 2.29. The van der Waals surface area contributed by atoms with Crippen LogP contribution in [0.3, 0.4) is 0 Å². The molecule has 0 saturated heterocycles. The van der Waals surface area contributed by atoms with E-state index >= 15 is 0 Å². The minimum absolute atomic E-state index is 0.400. The van der Waals surface area contributed by atoms with E-state index in [-0.39, 0.29) is 0 Å². The first kappa shape index (κ1) is 18.7. The van der Waals surface area contributed by atoms with Gasteiger partial charge in [-0.3, -0.25) is 0 Å². The fourth-order valence-corrected chi connectivity index (χ4v) is 2.51. The predicted octanol–water partition coefficient (Wildman–Crippen LogP) is 4.85. The van der Waals surface area contributed by atoms with Gasteiger partial charge in [-0.05, 0) is 49.1 Å². The molecule has 0 amide bonds. The van der Waals surface area contributed by atoms with E-state index in [0.717, 1.165) is 5.75 Å².